The molecule has 7 heterocycles. The molecular weight excluding hydrogens is 369 g/mol. The van der Waals surface area contributed by atoms with E-state index in [0.29, 0.717) is 13.6 Å². The third kappa shape index (κ3) is 0.862. The molecule has 7 aliphatic rings. The molecule has 7 aliphatic heterocycles. The second-order valence-electron chi connectivity index (χ2n) is 3.10. The van der Waals surface area contributed by atoms with Gasteiger partial charge in [-0.15, -0.1) is 0 Å². The fourth-order valence-corrected chi connectivity index (χ4v) is 33.8. The summed E-state index contributed by atoms with van der Waals surface area (Å²) < 4.78 is 1.83. The maximum Gasteiger partial charge on any atom is 0.164 e. The topological polar surface area (TPSA) is 0 Å². The first kappa shape index (κ1) is 10.3. The highest BCUT2D eigenvalue weighted by Crippen LogP contribution is 3.06. The van der Waals surface area contributed by atoms with Crippen molar-refractivity contribution in [1.82, 2.24) is 0 Å². The van der Waals surface area contributed by atoms with Crippen LogP contribution >= 0.6 is 110 Å². The normalized spacial score (nSPS) is 72.0. The van der Waals surface area contributed by atoms with E-state index in [1.54, 1.807) is 0 Å². The average Bonchev–Trinajstić information content (AvgIpc) is 2.17. The van der Waals surface area contributed by atoms with Gasteiger partial charge in [-0.05, 0) is 0 Å². The smallest absolute Gasteiger partial charge is 0.0948 e. The molecule has 0 radical (unpaired) electrons. The van der Waals surface area contributed by atoms with Gasteiger partial charge in [-0.1, -0.05) is 110 Å². The quantitative estimate of drug-likeness (QED) is 0.489. The summed E-state index contributed by atoms with van der Waals surface area (Å²) in [6, 6.07) is 0. The molecule has 7 saturated heterocycles. The molecule has 4 spiro atoms. The van der Waals surface area contributed by atoms with E-state index in [1.807, 2.05) is 0 Å². The maximum atomic E-state index is 2.25. The molecule has 0 unspecified atom stereocenters. The van der Waals surface area contributed by atoms with Gasteiger partial charge in [0.05, 0.1) is 0 Å². The van der Waals surface area contributed by atoms with Crippen LogP contribution in [0.1, 0.15) is 0 Å². The van der Waals surface area contributed by atoms with Crippen LogP contribution in [0.4, 0.5) is 0 Å². The number of rotatable bonds is 0. The fourth-order valence-electron chi connectivity index (χ4n) is 1.57. The fraction of sp³-hybridized carbons (Fsp3) is 1.00. The Morgan fingerprint density at radius 3 is 0.786 bits per heavy atom. The molecule has 14 heavy (non-hydrogen) atoms. The van der Waals surface area contributed by atoms with Gasteiger partial charge in [-0.3, -0.25) is 0 Å². The van der Waals surface area contributed by atoms with Crippen LogP contribution in [-0.4, -0.2) is 13.6 Å². The number of thioether (sulfide) groups is 2. The van der Waals surface area contributed by atoms with E-state index < -0.39 is 0 Å². The summed E-state index contributed by atoms with van der Waals surface area (Å²) in [6.07, 6.45) is 0. The van der Waals surface area contributed by atoms with Gasteiger partial charge in [0, 0.05) is 0 Å². The van der Waals surface area contributed by atoms with Crippen LogP contribution in [0.3, 0.4) is 0 Å². The monoisotopic (exact) mass is 368 g/mol. The lowest BCUT2D eigenvalue weighted by atomic mass is 10.8. The van der Waals surface area contributed by atoms with Crippen molar-refractivity contribution >= 4 is 110 Å². The van der Waals surface area contributed by atoms with E-state index in [2.05, 4.69) is 110 Å². The molecule has 0 amide bonds. The molecule has 0 atom stereocenters. The van der Waals surface area contributed by atoms with Crippen LogP contribution in [0, 0.1) is 0 Å². The lowest BCUT2D eigenvalue weighted by molar-refractivity contribution is 1.06. The van der Waals surface area contributed by atoms with E-state index >= 15 is 0 Å². The molecule has 7 fully saturated rings. The van der Waals surface area contributed by atoms with Gasteiger partial charge < -0.3 is 0 Å². The largest absolute Gasteiger partial charge is 0.164 e. The minimum Gasteiger partial charge on any atom is -0.0948 e. The van der Waals surface area contributed by atoms with Crippen LogP contribution in [0.5, 0.6) is 0 Å². The molecular formula is C4S10. The van der Waals surface area contributed by atoms with Crippen molar-refractivity contribution in [3.05, 3.63) is 0 Å². The van der Waals surface area contributed by atoms with E-state index in [1.165, 1.54) is 0 Å². The van der Waals surface area contributed by atoms with E-state index in [0.717, 1.165) is 0 Å². The summed E-state index contributed by atoms with van der Waals surface area (Å²) in [7, 11) is 17.0. The summed E-state index contributed by atoms with van der Waals surface area (Å²) in [6.45, 7) is 0. The van der Waals surface area contributed by atoms with Gasteiger partial charge in [0.15, 0.2) is 13.6 Å². The van der Waals surface area contributed by atoms with Gasteiger partial charge in [0.1, 0.15) is 0 Å². The summed E-state index contributed by atoms with van der Waals surface area (Å²) in [4.78, 5) is 0. The van der Waals surface area contributed by atoms with Crippen molar-refractivity contribution < 1.29 is 0 Å². The Bertz CT molecular complexity index is 292. The first-order valence-corrected chi connectivity index (χ1v) is 13.8. The molecule has 0 aromatic carbocycles. The van der Waals surface area contributed by atoms with E-state index in [-0.39, 0.29) is 0 Å². The standard InChI is InChI=1S/C4S10/c5-1-2(8-7-1)6-4(13-11-1)3(5,9-10-4)14-12-2. The Morgan fingerprint density at radius 2 is 0.571 bits per heavy atom. The average molecular weight is 369 g/mol. The summed E-state index contributed by atoms with van der Waals surface area (Å²) in [5, 5.41) is 0. The van der Waals surface area contributed by atoms with Crippen LogP contribution in [0.2, 0.25) is 0 Å². The minimum atomic E-state index is 0.457. The second kappa shape index (κ2) is 2.82. The number of fused-ring (bicyclic) bond motifs is 2. The Balaban J connectivity index is 1.78. The van der Waals surface area contributed by atoms with Crippen LogP contribution < -0.4 is 0 Å². The summed E-state index contributed by atoms with van der Waals surface area (Å²) in [5.41, 5.74) is 0. The van der Waals surface area contributed by atoms with Gasteiger partial charge in [-0.2, -0.15) is 0 Å². The molecule has 4 bridgehead atoms. The highest BCUT2D eigenvalue weighted by Gasteiger charge is 2.88. The van der Waals surface area contributed by atoms with Crippen LogP contribution in [0.15, 0.2) is 0 Å². The lowest BCUT2D eigenvalue weighted by Gasteiger charge is -2.76. The van der Waals surface area contributed by atoms with Crippen molar-refractivity contribution in [3.8, 4) is 0 Å². The van der Waals surface area contributed by atoms with Crippen molar-refractivity contribution in [1.29, 1.82) is 0 Å². The Labute approximate surface area is 122 Å². The van der Waals surface area contributed by atoms with Gasteiger partial charge in [0.2, 0.25) is 0 Å². The van der Waals surface area contributed by atoms with Gasteiger partial charge in [0.25, 0.3) is 0 Å². The first-order chi connectivity index (χ1) is 6.74. The summed E-state index contributed by atoms with van der Waals surface area (Å²) >= 11 is 4.51. The maximum absolute atomic E-state index is 2.25. The van der Waals surface area contributed by atoms with Crippen LogP contribution in [-0.2, 0) is 0 Å². The SMILES string of the molecule is S1SC23SSC45SSC4(SSC12S5)S3. The highest BCUT2D eigenvalue weighted by molar-refractivity contribution is 9.10. The van der Waals surface area contributed by atoms with Crippen LogP contribution in [0.25, 0.3) is 0 Å². The zero-order valence-corrected chi connectivity index (χ0v) is 14.2. The molecule has 76 valence electrons. The molecule has 0 aliphatic carbocycles. The molecule has 0 aromatic heterocycles. The molecule has 0 nitrogen and oxygen atoms in total. The Morgan fingerprint density at radius 1 is 0.357 bits per heavy atom. The predicted octanol–water partition coefficient (Wildman–Crippen LogP) is 5.66. The minimum absolute atomic E-state index is 0.457. The van der Waals surface area contributed by atoms with Crippen molar-refractivity contribution in [2.24, 2.45) is 0 Å². The summed E-state index contributed by atoms with van der Waals surface area (Å²) in [5.74, 6) is 0. The Hall–Kier alpha value is 3.50. The van der Waals surface area contributed by atoms with Gasteiger partial charge >= 0.3 is 0 Å². The third-order valence-electron chi connectivity index (χ3n) is 2.33. The second-order valence-corrected chi connectivity index (χ2v) is 19.3. The van der Waals surface area contributed by atoms with E-state index in [4.69, 9.17) is 0 Å². The molecule has 0 saturated carbocycles. The molecule has 10 heteroatoms. The Kier molecular flexibility index (Phi) is 2.08. The first-order valence-electron chi connectivity index (χ1n) is 3.62. The highest BCUT2D eigenvalue weighted by atomic mass is 33.2. The number of hydrogen-bond acceptors (Lipinski definition) is 10. The van der Waals surface area contributed by atoms with Gasteiger partial charge in [-0.25, -0.2) is 0 Å². The lowest BCUT2D eigenvalue weighted by Crippen LogP contribution is -2.67. The van der Waals surface area contributed by atoms with Crippen molar-refractivity contribution in [3.63, 3.8) is 0 Å². The predicted molar refractivity (Wildman–Crippen MR) is 86.8 cm³/mol. The number of hydrogen-bond donors (Lipinski definition) is 0. The third-order valence-corrected chi connectivity index (χ3v) is 29.6. The molecule has 7 rings (SSSR count). The molecule has 0 aromatic rings. The zero-order chi connectivity index (χ0) is 9.07. The van der Waals surface area contributed by atoms with Crippen molar-refractivity contribution in [2.75, 3.05) is 0 Å². The van der Waals surface area contributed by atoms with Crippen molar-refractivity contribution in [2.45, 2.75) is 13.6 Å². The molecule has 0 N–H and O–H groups in total. The van der Waals surface area contributed by atoms with E-state index in [9.17, 15) is 0 Å². The zero-order valence-electron chi connectivity index (χ0n) is 6.08.